The number of aromatic nitrogens is 2. The second-order valence-electron chi connectivity index (χ2n) is 3.93. The molecular formula is C14H9IN2O. The Kier molecular flexibility index (Phi) is 2.87. The highest BCUT2D eigenvalue weighted by Crippen LogP contribution is 2.22. The molecule has 0 unspecified atom stereocenters. The second kappa shape index (κ2) is 4.53. The van der Waals surface area contributed by atoms with Crippen LogP contribution < -0.4 is 0 Å². The van der Waals surface area contributed by atoms with Crippen LogP contribution in [0.4, 0.5) is 0 Å². The zero-order chi connectivity index (χ0) is 12.5. The summed E-state index contributed by atoms with van der Waals surface area (Å²) in [4.78, 5) is 19.7. The first-order valence-corrected chi connectivity index (χ1v) is 6.55. The second-order valence-corrected chi connectivity index (χ2v) is 5.09. The van der Waals surface area contributed by atoms with Crippen LogP contribution in [0.2, 0.25) is 0 Å². The molecule has 0 radical (unpaired) electrons. The number of nitrogens with one attached hydrogen (secondary N) is 1. The highest BCUT2D eigenvalue weighted by Gasteiger charge is 2.15. The molecule has 0 aliphatic heterocycles. The number of pyridine rings is 1. The number of halogens is 1. The third-order valence-corrected chi connectivity index (χ3v) is 3.79. The van der Waals surface area contributed by atoms with E-state index in [1.165, 1.54) is 0 Å². The topological polar surface area (TPSA) is 45.8 Å². The van der Waals surface area contributed by atoms with Gasteiger partial charge in [0.15, 0.2) is 5.78 Å². The number of rotatable bonds is 2. The lowest BCUT2D eigenvalue weighted by Crippen LogP contribution is -2.02. The van der Waals surface area contributed by atoms with Gasteiger partial charge in [-0.3, -0.25) is 9.78 Å². The first-order chi connectivity index (χ1) is 8.77. The van der Waals surface area contributed by atoms with Crippen molar-refractivity contribution in [3.05, 3.63) is 63.6 Å². The third-order valence-electron chi connectivity index (χ3n) is 2.85. The van der Waals surface area contributed by atoms with Crippen molar-refractivity contribution >= 4 is 39.3 Å². The Labute approximate surface area is 117 Å². The molecule has 0 aliphatic carbocycles. The van der Waals surface area contributed by atoms with E-state index in [1.54, 1.807) is 18.6 Å². The highest BCUT2D eigenvalue weighted by molar-refractivity contribution is 14.1. The van der Waals surface area contributed by atoms with Gasteiger partial charge in [0.25, 0.3) is 0 Å². The summed E-state index contributed by atoms with van der Waals surface area (Å²) in [6.45, 7) is 0. The number of fused-ring (bicyclic) bond motifs is 1. The van der Waals surface area contributed by atoms with E-state index in [-0.39, 0.29) is 5.78 Å². The van der Waals surface area contributed by atoms with Gasteiger partial charge in [-0.2, -0.15) is 0 Å². The van der Waals surface area contributed by atoms with Crippen molar-refractivity contribution in [3.8, 4) is 0 Å². The average Bonchev–Trinajstić information content (AvgIpc) is 2.82. The van der Waals surface area contributed by atoms with Crippen molar-refractivity contribution in [3.63, 3.8) is 0 Å². The van der Waals surface area contributed by atoms with Gasteiger partial charge >= 0.3 is 0 Å². The smallest absolute Gasteiger partial charge is 0.196 e. The molecule has 0 amide bonds. The fraction of sp³-hybridized carbons (Fsp3) is 0. The van der Waals surface area contributed by atoms with Gasteiger partial charge < -0.3 is 4.98 Å². The number of ketones is 1. The van der Waals surface area contributed by atoms with E-state index in [1.807, 2.05) is 30.3 Å². The number of carbonyl (C=O) groups is 1. The summed E-state index contributed by atoms with van der Waals surface area (Å²) in [7, 11) is 0. The molecule has 0 atom stereocenters. The highest BCUT2D eigenvalue weighted by atomic mass is 127. The molecule has 88 valence electrons. The standard InChI is InChI=1S/C14H9IN2O/c15-12-4-2-1-3-9(12)14(18)11-8-17-13-5-6-16-7-10(11)13/h1-8,17H. The number of benzene rings is 1. The Hall–Kier alpha value is -1.69. The molecule has 0 spiro atoms. The Balaban J connectivity index is 2.16. The summed E-state index contributed by atoms with van der Waals surface area (Å²) >= 11 is 2.18. The first kappa shape index (κ1) is 11.4. The van der Waals surface area contributed by atoms with Crippen LogP contribution in [-0.2, 0) is 0 Å². The first-order valence-electron chi connectivity index (χ1n) is 5.47. The SMILES string of the molecule is O=C(c1ccccc1I)c1c[nH]c2ccncc12. The van der Waals surface area contributed by atoms with Gasteiger partial charge in [0, 0.05) is 44.2 Å². The van der Waals surface area contributed by atoms with Crippen LogP contribution in [0, 0.1) is 3.57 Å². The van der Waals surface area contributed by atoms with Crippen molar-refractivity contribution in [2.75, 3.05) is 0 Å². The summed E-state index contributed by atoms with van der Waals surface area (Å²) in [6, 6.07) is 9.44. The van der Waals surface area contributed by atoms with Gasteiger partial charge in [0.2, 0.25) is 0 Å². The maximum Gasteiger partial charge on any atom is 0.196 e. The van der Waals surface area contributed by atoms with E-state index in [4.69, 9.17) is 0 Å². The molecule has 3 aromatic rings. The van der Waals surface area contributed by atoms with Crippen LogP contribution in [0.1, 0.15) is 15.9 Å². The predicted octanol–water partition coefficient (Wildman–Crippen LogP) is 3.40. The molecule has 0 aliphatic rings. The van der Waals surface area contributed by atoms with Gasteiger partial charge in [0.05, 0.1) is 0 Å². The molecule has 4 heteroatoms. The van der Waals surface area contributed by atoms with Crippen molar-refractivity contribution in [1.82, 2.24) is 9.97 Å². The number of carbonyl (C=O) groups excluding carboxylic acids is 1. The van der Waals surface area contributed by atoms with E-state index in [0.29, 0.717) is 5.56 Å². The molecule has 1 N–H and O–H groups in total. The Morgan fingerprint density at radius 3 is 2.83 bits per heavy atom. The Morgan fingerprint density at radius 1 is 1.17 bits per heavy atom. The van der Waals surface area contributed by atoms with Crippen molar-refractivity contribution in [2.24, 2.45) is 0 Å². The van der Waals surface area contributed by atoms with Crippen molar-refractivity contribution in [1.29, 1.82) is 0 Å². The lowest BCUT2D eigenvalue weighted by atomic mass is 10.0. The molecule has 3 rings (SSSR count). The van der Waals surface area contributed by atoms with E-state index < -0.39 is 0 Å². The number of nitrogens with zero attached hydrogens (tertiary/aromatic N) is 1. The fourth-order valence-electron chi connectivity index (χ4n) is 1.94. The van der Waals surface area contributed by atoms with Crippen LogP contribution in [0.25, 0.3) is 10.9 Å². The minimum Gasteiger partial charge on any atom is -0.360 e. The van der Waals surface area contributed by atoms with Crippen LogP contribution >= 0.6 is 22.6 Å². The van der Waals surface area contributed by atoms with E-state index >= 15 is 0 Å². The fourth-order valence-corrected chi connectivity index (χ4v) is 2.57. The van der Waals surface area contributed by atoms with Crippen LogP contribution in [0.15, 0.2) is 48.9 Å². The molecule has 0 fully saturated rings. The Bertz CT molecular complexity index is 733. The Morgan fingerprint density at radius 2 is 2.00 bits per heavy atom. The zero-order valence-electron chi connectivity index (χ0n) is 9.35. The normalized spacial score (nSPS) is 10.7. The van der Waals surface area contributed by atoms with Crippen LogP contribution in [0.5, 0.6) is 0 Å². The lowest BCUT2D eigenvalue weighted by molar-refractivity contribution is 0.103. The molecule has 2 heterocycles. The van der Waals surface area contributed by atoms with Crippen LogP contribution in [0.3, 0.4) is 0 Å². The molecule has 1 aromatic carbocycles. The summed E-state index contributed by atoms with van der Waals surface area (Å²) < 4.78 is 0.957. The molecule has 3 nitrogen and oxygen atoms in total. The molecule has 18 heavy (non-hydrogen) atoms. The van der Waals surface area contributed by atoms with E-state index in [9.17, 15) is 4.79 Å². The molecular weight excluding hydrogens is 339 g/mol. The van der Waals surface area contributed by atoms with Crippen molar-refractivity contribution < 1.29 is 4.79 Å². The van der Waals surface area contributed by atoms with E-state index in [0.717, 1.165) is 20.0 Å². The van der Waals surface area contributed by atoms with Gasteiger partial charge in [0.1, 0.15) is 0 Å². The number of hydrogen-bond donors (Lipinski definition) is 1. The average molecular weight is 348 g/mol. The van der Waals surface area contributed by atoms with E-state index in [2.05, 4.69) is 32.6 Å². The van der Waals surface area contributed by atoms with Gasteiger partial charge in [-0.05, 0) is 40.8 Å². The zero-order valence-corrected chi connectivity index (χ0v) is 11.5. The maximum absolute atomic E-state index is 12.5. The molecule has 0 bridgehead atoms. The van der Waals surface area contributed by atoms with Crippen LogP contribution in [-0.4, -0.2) is 15.8 Å². The lowest BCUT2D eigenvalue weighted by Gasteiger charge is -2.02. The molecule has 0 saturated heterocycles. The minimum absolute atomic E-state index is 0.0271. The van der Waals surface area contributed by atoms with Gasteiger partial charge in [-0.15, -0.1) is 0 Å². The maximum atomic E-state index is 12.5. The van der Waals surface area contributed by atoms with Gasteiger partial charge in [-0.25, -0.2) is 0 Å². The predicted molar refractivity (Wildman–Crippen MR) is 78.7 cm³/mol. The minimum atomic E-state index is 0.0271. The summed E-state index contributed by atoms with van der Waals surface area (Å²) in [5.41, 5.74) is 2.32. The summed E-state index contributed by atoms with van der Waals surface area (Å²) in [5, 5.41) is 0.863. The monoisotopic (exact) mass is 348 g/mol. The van der Waals surface area contributed by atoms with Gasteiger partial charge in [-0.1, -0.05) is 12.1 Å². The molecule has 2 aromatic heterocycles. The number of hydrogen-bond acceptors (Lipinski definition) is 2. The third kappa shape index (κ3) is 1.82. The number of H-pyrrole nitrogens is 1. The molecule has 0 saturated carbocycles. The summed E-state index contributed by atoms with van der Waals surface area (Å²) in [5.74, 6) is 0.0271. The summed E-state index contributed by atoms with van der Waals surface area (Å²) in [6.07, 6.45) is 5.17. The van der Waals surface area contributed by atoms with Crippen molar-refractivity contribution in [2.45, 2.75) is 0 Å². The number of aromatic amines is 1. The quantitative estimate of drug-likeness (QED) is 0.570. The largest absolute Gasteiger partial charge is 0.360 e.